The third-order valence-electron chi connectivity index (χ3n) is 2.98. The lowest BCUT2D eigenvalue weighted by Crippen LogP contribution is -2.06. The normalized spacial score (nSPS) is 14.2. The molecule has 0 atom stereocenters. The summed E-state index contributed by atoms with van der Waals surface area (Å²) < 4.78 is 0. The van der Waals surface area contributed by atoms with Gasteiger partial charge in [-0.05, 0) is 31.9 Å². The molecule has 0 unspecified atom stereocenters. The largest absolute Gasteiger partial charge is 0.367 e. The first kappa shape index (κ1) is 13.5. The van der Waals surface area contributed by atoms with Gasteiger partial charge in [0.1, 0.15) is 17.5 Å². The van der Waals surface area contributed by atoms with Crippen molar-refractivity contribution >= 4 is 40.5 Å². The number of rotatable bonds is 4. The van der Waals surface area contributed by atoms with E-state index in [1.165, 1.54) is 12.8 Å². The van der Waals surface area contributed by atoms with Gasteiger partial charge >= 0.3 is 0 Å². The molecule has 3 rings (SSSR count). The van der Waals surface area contributed by atoms with Crippen LogP contribution < -0.4 is 10.6 Å². The van der Waals surface area contributed by atoms with Crippen molar-refractivity contribution in [1.29, 1.82) is 0 Å². The van der Waals surface area contributed by atoms with E-state index in [9.17, 15) is 0 Å². The van der Waals surface area contributed by atoms with Crippen molar-refractivity contribution in [3.8, 4) is 0 Å². The number of hydrogen-bond acceptors (Lipinski definition) is 4. The smallest absolute Gasteiger partial charge is 0.136 e. The van der Waals surface area contributed by atoms with Gasteiger partial charge in [-0.2, -0.15) is 0 Å². The van der Waals surface area contributed by atoms with E-state index in [2.05, 4.69) is 20.6 Å². The predicted molar refractivity (Wildman–Crippen MR) is 83.2 cm³/mol. The molecule has 6 heteroatoms. The maximum atomic E-state index is 6.16. The molecule has 0 saturated heterocycles. The fraction of sp³-hybridized carbons (Fsp3) is 0.286. The van der Waals surface area contributed by atoms with Crippen LogP contribution in [0.5, 0.6) is 0 Å². The number of aromatic nitrogens is 2. The number of halogens is 2. The van der Waals surface area contributed by atoms with E-state index < -0.39 is 0 Å². The van der Waals surface area contributed by atoms with E-state index in [1.54, 1.807) is 6.07 Å². The van der Waals surface area contributed by atoms with Crippen LogP contribution in [0.1, 0.15) is 18.7 Å². The third kappa shape index (κ3) is 3.14. The van der Waals surface area contributed by atoms with Crippen LogP contribution in [0.3, 0.4) is 0 Å². The Bertz CT molecular complexity index is 641. The average Bonchev–Trinajstić information content (AvgIpc) is 3.18. The van der Waals surface area contributed by atoms with Gasteiger partial charge in [-0.1, -0.05) is 29.3 Å². The summed E-state index contributed by atoms with van der Waals surface area (Å²) in [6, 6.07) is 7.88. The van der Waals surface area contributed by atoms with Gasteiger partial charge in [-0.15, -0.1) is 0 Å². The Morgan fingerprint density at radius 2 is 1.90 bits per heavy atom. The summed E-state index contributed by atoms with van der Waals surface area (Å²) in [7, 11) is 0. The molecule has 1 saturated carbocycles. The minimum Gasteiger partial charge on any atom is -0.367 e. The second kappa shape index (κ2) is 5.46. The molecular formula is C14H14Cl2N4. The summed E-state index contributed by atoms with van der Waals surface area (Å²) in [4.78, 5) is 8.74. The Kier molecular flexibility index (Phi) is 3.68. The number of anilines is 3. The highest BCUT2D eigenvalue weighted by atomic mass is 35.5. The molecule has 0 aliphatic heterocycles. The number of benzene rings is 1. The summed E-state index contributed by atoms with van der Waals surface area (Å²) in [6.07, 6.45) is 2.40. The second-order valence-corrected chi connectivity index (χ2v) is 5.62. The molecule has 1 fully saturated rings. The SMILES string of the molecule is Cc1nc(Nc2cccc(Cl)c2Cl)cc(NC2CC2)n1. The maximum Gasteiger partial charge on any atom is 0.136 e. The summed E-state index contributed by atoms with van der Waals surface area (Å²) in [6.45, 7) is 1.86. The molecule has 4 nitrogen and oxygen atoms in total. The van der Waals surface area contributed by atoms with Gasteiger partial charge in [-0.25, -0.2) is 9.97 Å². The first-order valence-electron chi connectivity index (χ1n) is 6.45. The Morgan fingerprint density at radius 1 is 1.15 bits per heavy atom. The van der Waals surface area contributed by atoms with E-state index >= 15 is 0 Å². The van der Waals surface area contributed by atoms with Gasteiger partial charge in [0, 0.05) is 12.1 Å². The molecule has 20 heavy (non-hydrogen) atoms. The zero-order valence-electron chi connectivity index (χ0n) is 11.0. The maximum absolute atomic E-state index is 6.16. The molecule has 2 N–H and O–H groups in total. The summed E-state index contributed by atoms with van der Waals surface area (Å²) in [5.41, 5.74) is 0.731. The molecule has 0 amide bonds. The van der Waals surface area contributed by atoms with Crippen molar-refractivity contribution in [3.05, 3.63) is 40.1 Å². The number of nitrogens with one attached hydrogen (secondary N) is 2. The van der Waals surface area contributed by atoms with E-state index in [0.717, 1.165) is 11.5 Å². The Balaban J connectivity index is 1.85. The van der Waals surface area contributed by atoms with Crippen molar-refractivity contribution in [1.82, 2.24) is 9.97 Å². The number of aryl methyl sites for hydroxylation is 1. The van der Waals surface area contributed by atoms with Gasteiger partial charge in [-0.3, -0.25) is 0 Å². The Labute approximate surface area is 127 Å². The van der Waals surface area contributed by atoms with Crippen molar-refractivity contribution in [2.24, 2.45) is 0 Å². The predicted octanol–water partition coefficient (Wildman–Crippen LogP) is 4.41. The topological polar surface area (TPSA) is 49.8 Å². The first-order chi connectivity index (χ1) is 9.61. The van der Waals surface area contributed by atoms with E-state index in [0.29, 0.717) is 27.7 Å². The van der Waals surface area contributed by atoms with E-state index in [-0.39, 0.29) is 0 Å². The van der Waals surface area contributed by atoms with Crippen LogP contribution >= 0.6 is 23.2 Å². The lowest BCUT2D eigenvalue weighted by atomic mass is 10.3. The van der Waals surface area contributed by atoms with Crippen LogP contribution in [-0.4, -0.2) is 16.0 Å². The minimum absolute atomic E-state index is 0.488. The molecule has 0 bridgehead atoms. The molecule has 0 spiro atoms. The highest BCUT2D eigenvalue weighted by Gasteiger charge is 2.21. The van der Waals surface area contributed by atoms with Crippen LogP contribution in [0.15, 0.2) is 24.3 Å². The van der Waals surface area contributed by atoms with Gasteiger partial charge in [0.25, 0.3) is 0 Å². The highest BCUT2D eigenvalue weighted by molar-refractivity contribution is 6.43. The Morgan fingerprint density at radius 3 is 2.65 bits per heavy atom. The Hall–Kier alpha value is -1.52. The minimum atomic E-state index is 0.488. The van der Waals surface area contributed by atoms with E-state index in [1.807, 2.05) is 25.1 Å². The van der Waals surface area contributed by atoms with Crippen LogP contribution in [-0.2, 0) is 0 Å². The molecule has 104 valence electrons. The fourth-order valence-corrected chi connectivity index (χ4v) is 2.23. The molecule has 1 aliphatic carbocycles. The van der Waals surface area contributed by atoms with E-state index in [4.69, 9.17) is 23.2 Å². The lowest BCUT2D eigenvalue weighted by molar-refractivity contribution is 1.02. The molecule has 1 aromatic heterocycles. The van der Waals surface area contributed by atoms with Crippen molar-refractivity contribution in [2.45, 2.75) is 25.8 Å². The van der Waals surface area contributed by atoms with Gasteiger partial charge in [0.15, 0.2) is 0 Å². The zero-order chi connectivity index (χ0) is 14.1. The lowest BCUT2D eigenvalue weighted by Gasteiger charge is -2.11. The molecule has 1 heterocycles. The fourth-order valence-electron chi connectivity index (χ4n) is 1.88. The highest BCUT2D eigenvalue weighted by Crippen LogP contribution is 2.32. The summed E-state index contributed by atoms with van der Waals surface area (Å²) in [5.74, 6) is 2.24. The molecular weight excluding hydrogens is 295 g/mol. The second-order valence-electron chi connectivity index (χ2n) is 4.83. The summed E-state index contributed by atoms with van der Waals surface area (Å²) >= 11 is 12.2. The monoisotopic (exact) mass is 308 g/mol. The van der Waals surface area contributed by atoms with Crippen LogP contribution in [0.4, 0.5) is 17.3 Å². The van der Waals surface area contributed by atoms with Gasteiger partial charge < -0.3 is 10.6 Å². The molecule has 1 aromatic carbocycles. The van der Waals surface area contributed by atoms with Gasteiger partial charge in [0.2, 0.25) is 0 Å². The summed E-state index contributed by atoms with van der Waals surface area (Å²) in [5, 5.41) is 7.54. The third-order valence-corrected chi connectivity index (χ3v) is 3.80. The molecule has 2 aromatic rings. The van der Waals surface area contributed by atoms with Crippen LogP contribution in [0.25, 0.3) is 0 Å². The van der Waals surface area contributed by atoms with Crippen molar-refractivity contribution < 1.29 is 0 Å². The quantitative estimate of drug-likeness (QED) is 0.878. The first-order valence-corrected chi connectivity index (χ1v) is 7.20. The zero-order valence-corrected chi connectivity index (χ0v) is 12.5. The van der Waals surface area contributed by atoms with Gasteiger partial charge in [0.05, 0.1) is 15.7 Å². The van der Waals surface area contributed by atoms with Crippen molar-refractivity contribution in [3.63, 3.8) is 0 Å². The van der Waals surface area contributed by atoms with Crippen LogP contribution in [0, 0.1) is 6.92 Å². The molecule has 0 radical (unpaired) electrons. The number of hydrogen-bond donors (Lipinski definition) is 2. The standard InChI is InChI=1S/C14H14Cl2N4/c1-8-17-12(19-9-5-6-9)7-13(18-8)20-11-4-2-3-10(15)14(11)16/h2-4,7,9H,5-6H2,1H3,(H2,17,18,19,20). The van der Waals surface area contributed by atoms with Crippen molar-refractivity contribution in [2.75, 3.05) is 10.6 Å². The molecule has 1 aliphatic rings. The number of nitrogens with zero attached hydrogens (tertiary/aromatic N) is 2. The average molecular weight is 309 g/mol. The van der Waals surface area contributed by atoms with Crippen LogP contribution in [0.2, 0.25) is 10.0 Å².